The Bertz CT molecular complexity index is 1080. The number of thioether (sulfide) groups is 1. The lowest BCUT2D eigenvalue weighted by atomic mass is 10.0. The summed E-state index contributed by atoms with van der Waals surface area (Å²) in [6.45, 7) is 4.06. The van der Waals surface area contributed by atoms with Gasteiger partial charge in [-0.05, 0) is 65.2 Å². The van der Waals surface area contributed by atoms with Crippen molar-refractivity contribution in [3.8, 4) is 0 Å². The lowest BCUT2D eigenvalue weighted by Gasteiger charge is -2.03. The summed E-state index contributed by atoms with van der Waals surface area (Å²) in [6, 6.07) is 20.4. The van der Waals surface area contributed by atoms with E-state index in [1.54, 1.807) is 0 Å². The first-order chi connectivity index (χ1) is 12.6. The maximum atomic E-state index is 12.4. The SMILES string of the molecule is Cc1ccc(C)c(N=C2NC(=O)/C(=C\c3cccc4ccccc34)S2)c1. The molecule has 3 aromatic rings. The third-order valence-corrected chi connectivity index (χ3v) is 5.26. The third kappa shape index (κ3) is 3.28. The van der Waals surface area contributed by atoms with Gasteiger partial charge in [0.05, 0.1) is 10.6 Å². The van der Waals surface area contributed by atoms with Crippen molar-refractivity contribution in [3.63, 3.8) is 0 Å². The molecule has 1 heterocycles. The second kappa shape index (κ2) is 6.81. The number of hydrogen-bond donors (Lipinski definition) is 1. The number of benzene rings is 3. The normalized spacial score (nSPS) is 17.2. The summed E-state index contributed by atoms with van der Waals surface area (Å²) in [4.78, 5) is 17.7. The molecule has 4 heteroatoms. The number of carbonyl (C=O) groups is 1. The van der Waals surface area contributed by atoms with Crippen LogP contribution >= 0.6 is 11.8 Å². The molecular weight excluding hydrogens is 340 g/mol. The molecule has 0 unspecified atom stereocenters. The molecule has 1 fully saturated rings. The zero-order valence-corrected chi connectivity index (χ0v) is 15.4. The molecule has 0 saturated carbocycles. The molecule has 1 saturated heterocycles. The zero-order chi connectivity index (χ0) is 18.1. The Hall–Kier alpha value is -2.85. The highest BCUT2D eigenvalue weighted by molar-refractivity contribution is 8.18. The molecule has 0 bridgehead atoms. The van der Waals surface area contributed by atoms with Gasteiger partial charge in [-0.25, -0.2) is 4.99 Å². The molecule has 1 aliphatic rings. The number of amidine groups is 1. The average molecular weight is 358 g/mol. The molecule has 1 N–H and O–H groups in total. The van der Waals surface area contributed by atoms with Crippen molar-refractivity contribution in [2.24, 2.45) is 4.99 Å². The summed E-state index contributed by atoms with van der Waals surface area (Å²) in [5.41, 5.74) is 4.16. The molecule has 1 aliphatic heterocycles. The lowest BCUT2D eigenvalue weighted by molar-refractivity contribution is -0.115. The van der Waals surface area contributed by atoms with Gasteiger partial charge in [0.1, 0.15) is 0 Å². The highest BCUT2D eigenvalue weighted by Crippen LogP contribution is 2.31. The second-order valence-corrected chi connectivity index (χ2v) is 7.37. The van der Waals surface area contributed by atoms with Crippen LogP contribution in [0.4, 0.5) is 5.69 Å². The summed E-state index contributed by atoms with van der Waals surface area (Å²) in [5, 5.41) is 5.79. The molecule has 26 heavy (non-hydrogen) atoms. The minimum atomic E-state index is -0.105. The van der Waals surface area contributed by atoms with Crippen LogP contribution in [-0.2, 0) is 4.79 Å². The number of amides is 1. The van der Waals surface area contributed by atoms with Crippen molar-refractivity contribution >= 4 is 45.4 Å². The predicted octanol–water partition coefficient (Wildman–Crippen LogP) is 5.35. The summed E-state index contributed by atoms with van der Waals surface area (Å²) >= 11 is 1.38. The van der Waals surface area contributed by atoms with Gasteiger partial charge in [-0.3, -0.25) is 4.79 Å². The van der Waals surface area contributed by atoms with Gasteiger partial charge >= 0.3 is 0 Å². The molecule has 4 rings (SSSR count). The summed E-state index contributed by atoms with van der Waals surface area (Å²) in [6.07, 6.45) is 1.94. The number of nitrogens with zero attached hydrogens (tertiary/aromatic N) is 1. The van der Waals surface area contributed by atoms with Crippen LogP contribution in [0.5, 0.6) is 0 Å². The van der Waals surface area contributed by atoms with Crippen molar-refractivity contribution in [1.29, 1.82) is 0 Å². The summed E-state index contributed by atoms with van der Waals surface area (Å²) < 4.78 is 0. The number of nitrogens with one attached hydrogen (secondary N) is 1. The molecule has 0 aliphatic carbocycles. The fourth-order valence-electron chi connectivity index (χ4n) is 2.95. The smallest absolute Gasteiger partial charge is 0.264 e. The number of rotatable bonds is 2. The van der Waals surface area contributed by atoms with Gasteiger partial charge in [-0.1, -0.05) is 54.6 Å². The highest BCUT2D eigenvalue weighted by Gasteiger charge is 2.24. The van der Waals surface area contributed by atoms with E-state index in [1.807, 2.05) is 56.3 Å². The number of aliphatic imine (C=N–C) groups is 1. The van der Waals surface area contributed by atoms with Crippen LogP contribution in [0.15, 0.2) is 70.6 Å². The Morgan fingerprint density at radius 1 is 1.00 bits per heavy atom. The van der Waals surface area contributed by atoms with Gasteiger partial charge in [-0.15, -0.1) is 0 Å². The van der Waals surface area contributed by atoms with Crippen molar-refractivity contribution in [2.45, 2.75) is 13.8 Å². The van der Waals surface area contributed by atoms with Crippen molar-refractivity contribution in [1.82, 2.24) is 5.32 Å². The van der Waals surface area contributed by atoms with Crippen LogP contribution in [0.2, 0.25) is 0 Å². The molecule has 0 radical (unpaired) electrons. The van der Waals surface area contributed by atoms with Crippen molar-refractivity contribution < 1.29 is 4.79 Å². The van der Waals surface area contributed by atoms with Gasteiger partial charge in [0.2, 0.25) is 0 Å². The van der Waals surface area contributed by atoms with E-state index in [0.717, 1.165) is 33.2 Å². The molecule has 0 aromatic heterocycles. The van der Waals surface area contributed by atoms with Gasteiger partial charge in [0.25, 0.3) is 5.91 Å². The Labute approximate surface area is 156 Å². The van der Waals surface area contributed by atoms with E-state index in [4.69, 9.17) is 0 Å². The summed E-state index contributed by atoms with van der Waals surface area (Å²) in [7, 11) is 0. The monoisotopic (exact) mass is 358 g/mol. The first-order valence-electron chi connectivity index (χ1n) is 8.45. The Morgan fingerprint density at radius 2 is 1.81 bits per heavy atom. The van der Waals surface area contributed by atoms with E-state index in [1.165, 1.54) is 11.8 Å². The Balaban J connectivity index is 1.69. The van der Waals surface area contributed by atoms with E-state index >= 15 is 0 Å². The largest absolute Gasteiger partial charge is 0.300 e. The van der Waals surface area contributed by atoms with Gasteiger partial charge in [0, 0.05) is 0 Å². The van der Waals surface area contributed by atoms with Crippen LogP contribution in [0.25, 0.3) is 16.8 Å². The van der Waals surface area contributed by atoms with E-state index < -0.39 is 0 Å². The minimum absolute atomic E-state index is 0.105. The topological polar surface area (TPSA) is 41.5 Å². The van der Waals surface area contributed by atoms with Crippen LogP contribution in [0, 0.1) is 13.8 Å². The molecular formula is C22H18N2OS. The number of aryl methyl sites for hydroxylation is 2. The molecule has 0 atom stereocenters. The zero-order valence-electron chi connectivity index (χ0n) is 14.6. The molecule has 0 spiro atoms. The van der Waals surface area contributed by atoms with Crippen molar-refractivity contribution in [3.05, 3.63) is 82.3 Å². The maximum absolute atomic E-state index is 12.4. The standard InChI is InChI=1S/C22H18N2OS/c1-14-10-11-15(2)19(12-14)23-22-24-21(25)20(26-22)13-17-8-5-7-16-6-3-4-9-18(16)17/h3-13H,1-2H3,(H,23,24,25)/b20-13+. The van der Waals surface area contributed by atoms with E-state index in [9.17, 15) is 4.79 Å². The molecule has 128 valence electrons. The first-order valence-corrected chi connectivity index (χ1v) is 9.26. The van der Waals surface area contributed by atoms with Crippen LogP contribution in [-0.4, -0.2) is 11.1 Å². The molecule has 1 amide bonds. The van der Waals surface area contributed by atoms with Crippen LogP contribution in [0.1, 0.15) is 16.7 Å². The highest BCUT2D eigenvalue weighted by atomic mass is 32.2. The fraction of sp³-hybridized carbons (Fsp3) is 0.0909. The van der Waals surface area contributed by atoms with Crippen LogP contribution in [0.3, 0.4) is 0 Å². The van der Waals surface area contributed by atoms with Gasteiger partial charge < -0.3 is 5.32 Å². The maximum Gasteiger partial charge on any atom is 0.264 e. The fourth-order valence-corrected chi connectivity index (χ4v) is 3.77. The lowest BCUT2D eigenvalue weighted by Crippen LogP contribution is -2.19. The van der Waals surface area contributed by atoms with E-state index in [2.05, 4.69) is 34.6 Å². The number of fused-ring (bicyclic) bond motifs is 1. The van der Waals surface area contributed by atoms with Crippen molar-refractivity contribution in [2.75, 3.05) is 0 Å². The van der Waals surface area contributed by atoms with Gasteiger partial charge in [0.15, 0.2) is 5.17 Å². The van der Waals surface area contributed by atoms with E-state index in [0.29, 0.717) is 10.1 Å². The molecule has 3 nitrogen and oxygen atoms in total. The van der Waals surface area contributed by atoms with Gasteiger partial charge in [-0.2, -0.15) is 0 Å². The number of carbonyl (C=O) groups excluding carboxylic acids is 1. The third-order valence-electron chi connectivity index (χ3n) is 4.35. The average Bonchev–Trinajstić information content (AvgIpc) is 2.98. The Morgan fingerprint density at radius 3 is 2.69 bits per heavy atom. The number of hydrogen-bond acceptors (Lipinski definition) is 3. The molecule has 3 aromatic carbocycles. The predicted molar refractivity (Wildman–Crippen MR) is 111 cm³/mol. The Kier molecular flexibility index (Phi) is 4.35. The quantitative estimate of drug-likeness (QED) is 0.628. The second-order valence-electron chi connectivity index (χ2n) is 6.34. The van der Waals surface area contributed by atoms with Crippen LogP contribution < -0.4 is 5.32 Å². The minimum Gasteiger partial charge on any atom is -0.300 e. The summed E-state index contributed by atoms with van der Waals surface area (Å²) in [5.74, 6) is -0.105. The first kappa shape index (κ1) is 16.6. The van der Waals surface area contributed by atoms with E-state index in [-0.39, 0.29) is 5.91 Å².